The van der Waals surface area contributed by atoms with Crippen molar-refractivity contribution in [2.75, 3.05) is 45.5 Å². The van der Waals surface area contributed by atoms with Crippen molar-refractivity contribution < 1.29 is 13.2 Å². The highest BCUT2D eigenvalue weighted by Gasteiger charge is 2.31. The highest BCUT2D eigenvalue weighted by Crippen LogP contribution is 2.12. The summed E-state index contributed by atoms with van der Waals surface area (Å²) in [4.78, 5) is 13.8. The predicted molar refractivity (Wildman–Crippen MR) is 71.2 cm³/mol. The van der Waals surface area contributed by atoms with Crippen molar-refractivity contribution in [3.05, 3.63) is 0 Å². The third-order valence-corrected chi connectivity index (χ3v) is 4.67. The number of hydrogen-bond donors (Lipinski definition) is 1. The normalized spacial score (nSPS) is 22.8. The first-order valence-corrected chi connectivity index (χ1v) is 7.78. The molecule has 0 atom stereocenters. The number of nitrogens with zero attached hydrogens (tertiary/aromatic N) is 2. The molecule has 106 valence electrons. The van der Waals surface area contributed by atoms with Crippen LogP contribution in [0.25, 0.3) is 0 Å². The van der Waals surface area contributed by atoms with E-state index in [1.807, 2.05) is 0 Å². The number of rotatable bonds is 2. The molecule has 0 unspecified atom stereocenters. The van der Waals surface area contributed by atoms with E-state index in [0.29, 0.717) is 26.2 Å². The number of carbonyl (C=O) groups excluding carboxylic acids is 1. The molecule has 8 heteroatoms. The summed E-state index contributed by atoms with van der Waals surface area (Å²) in [7, 11) is -3.13. The molecule has 0 spiro atoms. The van der Waals surface area contributed by atoms with Crippen molar-refractivity contribution in [3.8, 4) is 0 Å². The summed E-state index contributed by atoms with van der Waals surface area (Å²) in [5.74, 6) is 0.263. The second-order valence-electron chi connectivity index (χ2n) is 4.70. The fraction of sp³-hybridized carbons (Fsp3) is 0.900. The molecule has 0 aliphatic carbocycles. The number of nitrogens with one attached hydrogen (secondary N) is 1. The van der Waals surface area contributed by atoms with Crippen LogP contribution < -0.4 is 5.32 Å². The quantitative estimate of drug-likeness (QED) is 0.719. The summed E-state index contributed by atoms with van der Waals surface area (Å²) in [5.41, 5.74) is 0. The Morgan fingerprint density at radius 3 is 2.33 bits per heavy atom. The second kappa shape index (κ2) is 6.18. The molecule has 1 N–H and O–H groups in total. The van der Waals surface area contributed by atoms with Gasteiger partial charge >= 0.3 is 0 Å². The summed E-state index contributed by atoms with van der Waals surface area (Å²) >= 11 is 0. The molecular weight excluding hydrogens is 278 g/mol. The van der Waals surface area contributed by atoms with E-state index < -0.39 is 10.0 Å². The van der Waals surface area contributed by atoms with Crippen molar-refractivity contribution in [1.29, 1.82) is 0 Å². The molecule has 2 saturated heterocycles. The Bertz CT molecular complexity index is 397. The Labute approximate surface area is 114 Å². The third kappa shape index (κ3) is 3.57. The van der Waals surface area contributed by atoms with Crippen LogP contribution in [0.3, 0.4) is 0 Å². The van der Waals surface area contributed by atoms with E-state index in [2.05, 4.69) is 5.32 Å². The maximum Gasteiger partial charge on any atom is 0.228 e. The van der Waals surface area contributed by atoms with E-state index >= 15 is 0 Å². The molecule has 2 aliphatic rings. The molecule has 18 heavy (non-hydrogen) atoms. The molecule has 2 aliphatic heterocycles. The van der Waals surface area contributed by atoms with E-state index in [1.54, 1.807) is 4.90 Å². The van der Waals surface area contributed by atoms with Crippen molar-refractivity contribution in [2.24, 2.45) is 5.92 Å². The van der Waals surface area contributed by atoms with Gasteiger partial charge in [-0.1, -0.05) is 0 Å². The molecule has 2 heterocycles. The molecule has 0 aromatic rings. The van der Waals surface area contributed by atoms with Gasteiger partial charge < -0.3 is 10.2 Å². The van der Waals surface area contributed by atoms with Gasteiger partial charge in [0.25, 0.3) is 0 Å². The van der Waals surface area contributed by atoms with Crippen LogP contribution in [0.1, 0.15) is 6.42 Å². The monoisotopic (exact) mass is 297 g/mol. The first-order chi connectivity index (χ1) is 7.98. The number of amides is 1. The molecule has 6 nitrogen and oxygen atoms in total. The minimum Gasteiger partial charge on any atom is -0.341 e. The van der Waals surface area contributed by atoms with E-state index in [1.165, 1.54) is 10.6 Å². The maximum atomic E-state index is 12.0. The van der Waals surface area contributed by atoms with Gasteiger partial charge in [-0.2, -0.15) is 0 Å². The predicted octanol–water partition coefficient (Wildman–Crippen LogP) is -0.878. The van der Waals surface area contributed by atoms with Crippen LogP contribution in [0.4, 0.5) is 0 Å². The molecule has 0 aromatic carbocycles. The smallest absolute Gasteiger partial charge is 0.228 e. The minimum atomic E-state index is -3.13. The average molecular weight is 298 g/mol. The van der Waals surface area contributed by atoms with Gasteiger partial charge in [0.1, 0.15) is 0 Å². The van der Waals surface area contributed by atoms with Crippen LogP contribution in [-0.2, 0) is 14.8 Å². The maximum absolute atomic E-state index is 12.0. The van der Waals surface area contributed by atoms with E-state index in [-0.39, 0.29) is 24.2 Å². The lowest BCUT2D eigenvalue weighted by Crippen LogP contribution is -2.52. The van der Waals surface area contributed by atoms with Gasteiger partial charge in [0.2, 0.25) is 15.9 Å². The Morgan fingerprint density at radius 1 is 1.17 bits per heavy atom. The molecule has 0 bridgehead atoms. The van der Waals surface area contributed by atoms with Gasteiger partial charge in [-0.25, -0.2) is 12.7 Å². The van der Waals surface area contributed by atoms with E-state index in [0.717, 1.165) is 19.5 Å². The minimum absolute atomic E-state index is 0. The van der Waals surface area contributed by atoms with Crippen LogP contribution in [0.5, 0.6) is 0 Å². The van der Waals surface area contributed by atoms with Crippen LogP contribution in [0, 0.1) is 5.92 Å². The number of hydrogen-bond acceptors (Lipinski definition) is 4. The SMILES string of the molecule is CS(=O)(=O)N1CCCN(C(=O)C2CNC2)CC1.Cl. The largest absolute Gasteiger partial charge is 0.341 e. The summed E-state index contributed by atoms with van der Waals surface area (Å²) in [5, 5.41) is 3.08. The average Bonchev–Trinajstić information content (AvgIpc) is 2.38. The topological polar surface area (TPSA) is 69.7 Å². The number of sulfonamides is 1. The fourth-order valence-corrected chi connectivity index (χ4v) is 3.04. The van der Waals surface area contributed by atoms with Gasteiger partial charge in [-0.3, -0.25) is 4.79 Å². The first-order valence-electron chi connectivity index (χ1n) is 5.93. The lowest BCUT2D eigenvalue weighted by molar-refractivity contribution is -0.136. The highest BCUT2D eigenvalue weighted by molar-refractivity contribution is 7.88. The standard InChI is InChI=1S/C10H19N3O3S.ClH/c1-17(15,16)13-4-2-3-12(5-6-13)10(14)9-7-11-8-9;/h9,11H,2-8H2,1H3;1H. The zero-order valence-corrected chi connectivity index (χ0v) is 12.1. The Morgan fingerprint density at radius 2 is 1.83 bits per heavy atom. The summed E-state index contributed by atoms with van der Waals surface area (Å²) in [6, 6.07) is 0. The first kappa shape index (κ1) is 15.7. The highest BCUT2D eigenvalue weighted by atomic mass is 35.5. The van der Waals surface area contributed by atoms with Crippen molar-refractivity contribution in [1.82, 2.24) is 14.5 Å². The lowest BCUT2D eigenvalue weighted by Gasteiger charge is -2.31. The van der Waals surface area contributed by atoms with Crippen LogP contribution in [0.15, 0.2) is 0 Å². The van der Waals surface area contributed by atoms with Crippen LogP contribution >= 0.6 is 12.4 Å². The molecule has 0 saturated carbocycles. The zero-order chi connectivity index (χ0) is 12.5. The van der Waals surface area contributed by atoms with E-state index in [4.69, 9.17) is 0 Å². The molecule has 2 rings (SSSR count). The Hall–Kier alpha value is -0.370. The van der Waals surface area contributed by atoms with Gasteiger partial charge in [0.15, 0.2) is 0 Å². The molecule has 1 amide bonds. The second-order valence-corrected chi connectivity index (χ2v) is 6.68. The fourth-order valence-electron chi connectivity index (χ4n) is 2.17. The van der Waals surface area contributed by atoms with Crippen molar-refractivity contribution in [2.45, 2.75) is 6.42 Å². The summed E-state index contributed by atoms with van der Waals surface area (Å²) in [6.07, 6.45) is 1.94. The lowest BCUT2D eigenvalue weighted by atomic mass is 10.0. The Balaban J connectivity index is 0.00000162. The van der Waals surface area contributed by atoms with Gasteiger partial charge in [0.05, 0.1) is 12.2 Å². The van der Waals surface area contributed by atoms with Gasteiger partial charge in [-0.05, 0) is 6.42 Å². The van der Waals surface area contributed by atoms with Crippen LogP contribution in [-0.4, -0.2) is 69.1 Å². The molecule has 0 aromatic heterocycles. The summed E-state index contributed by atoms with van der Waals surface area (Å²) < 4.78 is 24.3. The van der Waals surface area contributed by atoms with Gasteiger partial charge in [-0.15, -0.1) is 12.4 Å². The van der Waals surface area contributed by atoms with Crippen molar-refractivity contribution in [3.63, 3.8) is 0 Å². The molecule has 2 fully saturated rings. The zero-order valence-electron chi connectivity index (χ0n) is 10.5. The number of halogens is 1. The van der Waals surface area contributed by atoms with Crippen molar-refractivity contribution >= 4 is 28.3 Å². The van der Waals surface area contributed by atoms with E-state index in [9.17, 15) is 13.2 Å². The molecule has 0 radical (unpaired) electrons. The Kier molecular flexibility index (Phi) is 5.39. The molecular formula is C10H20ClN3O3S. The summed E-state index contributed by atoms with van der Waals surface area (Å²) in [6.45, 7) is 3.64. The third-order valence-electron chi connectivity index (χ3n) is 3.37. The van der Waals surface area contributed by atoms with Crippen LogP contribution in [0.2, 0.25) is 0 Å². The van der Waals surface area contributed by atoms with Gasteiger partial charge in [0, 0.05) is 39.3 Å². The number of carbonyl (C=O) groups is 1.